The smallest absolute Gasteiger partial charge is 0.235 e. The fourth-order valence-electron chi connectivity index (χ4n) is 6.23. The van der Waals surface area contributed by atoms with Gasteiger partial charge in [-0.05, 0) is 46.5 Å². The van der Waals surface area contributed by atoms with E-state index in [0.29, 0.717) is 5.95 Å². The maximum absolute atomic E-state index is 5.08. The molecule has 0 atom stereocenters. The molecule has 0 bridgehead atoms. The summed E-state index contributed by atoms with van der Waals surface area (Å²) in [6, 6.07) is 29.7. The maximum atomic E-state index is 5.08. The third-order valence-corrected chi connectivity index (χ3v) is 7.95. The Morgan fingerprint density at radius 3 is 2.26 bits per heavy atom. The summed E-state index contributed by atoms with van der Waals surface area (Å²) in [6.07, 6.45) is 5.38. The molecule has 1 aliphatic rings. The fourth-order valence-corrected chi connectivity index (χ4v) is 6.23. The van der Waals surface area contributed by atoms with Gasteiger partial charge in [-0.15, -0.1) is 0 Å². The molecule has 0 unspecified atom stereocenters. The molecule has 0 fully saturated rings. The molecule has 4 aromatic carbocycles. The Labute approximate surface area is 219 Å². The summed E-state index contributed by atoms with van der Waals surface area (Å²) >= 11 is 0. The number of para-hydroxylation sites is 1. The van der Waals surface area contributed by atoms with Crippen LogP contribution in [0.3, 0.4) is 0 Å². The van der Waals surface area contributed by atoms with Crippen LogP contribution in [0, 0.1) is 0 Å². The first-order chi connectivity index (χ1) is 18.6. The van der Waals surface area contributed by atoms with E-state index in [-0.39, 0.29) is 5.41 Å². The van der Waals surface area contributed by atoms with Crippen molar-refractivity contribution >= 4 is 32.8 Å². The maximum Gasteiger partial charge on any atom is 0.235 e. The van der Waals surface area contributed by atoms with Gasteiger partial charge in [0.15, 0.2) is 0 Å². The van der Waals surface area contributed by atoms with E-state index in [2.05, 4.69) is 89.0 Å². The normalized spacial score (nSPS) is 13.7. The van der Waals surface area contributed by atoms with Gasteiger partial charge in [-0.3, -0.25) is 14.5 Å². The van der Waals surface area contributed by atoms with Gasteiger partial charge < -0.3 is 0 Å². The lowest BCUT2D eigenvalue weighted by Gasteiger charge is -2.23. The molecule has 0 saturated carbocycles. The van der Waals surface area contributed by atoms with Crippen LogP contribution in [0.4, 0.5) is 0 Å². The molecule has 5 heteroatoms. The van der Waals surface area contributed by atoms with Crippen molar-refractivity contribution in [2.24, 2.45) is 0 Å². The fraction of sp³-hybridized carbons (Fsp3) is 0.0909. The van der Waals surface area contributed by atoms with Gasteiger partial charge in [0.05, 0.1) is 27.8 Å². The summed E-state index contributed by atoms with van der Waals surface area (Å²) < 4.78 is 2.25. The quantitative estimate of drug-likeness (QED) is 0.252. The Morgan fingerprint density at radius 2 is 1.42 bits per heavy atom. The zero-order valence-corrected chi connectivity index (χ0v) is 21.1. The molecule has 0 spiro atoms. The molecule has 38 heavy (non-hydrogen) atoms. The number of aromatic nitrogens is 5. The van der Waals surface area contributed by atoms with Crippen molar-refractivity contribution in [1.29, 1.82) is 0 Å². The van der Waals surface area contributed by atoms with E-state index >= 15 is 0 Å². The molecule has 0 saturated heterocycles. The highest BCUT2D eigenvalue weighted by Gasteiger charge is 2.39. The van der Waals surface area contributed by atoms with Gasteiger partial charge in [0.25, 0.3) is 0 Å². The van der Waals surface area contributed by atoms with Gasteiger partial charge in [-0.1, -0.05) is 74.5 Å². The first-order valence-electron chi connectivity index (χ1n) is 12.8. The van der Waals surface area contributed by atoms with E-state index < -0.39 is 0 Å². The van der Waals surface area contributed by atoms with Crippen molar-refractivity contribution in [2.45, 2.75) is 19.3 Å². The molecule has 0 N–H and O–H groups in total. The lowest BCUT2D eigenvalue weighted by atomic mass is 9.81. The first-order valence-corrected chi connectivity index (χ1v) is 12.8. The summed E-state index contributed by atoms with van der Waals surface area (Å²) in [4.78, 5) is 19.1. The monoisotopic (exact) mass is 489 g/mol. The second-order valence-corrected chi connectivity index (χ2v) is 10.4. The van der Waals surface area contributed by atoms with Gasteiger partial charge in [-0.25, -0.2) is 9.97 Å². The number of hydrogen-bond acceptors (Lipinski definition) is 4. The van der Waals surface area contributed by atoms with Crippen LogP contribution in [0.2, 0.25) is 0 Å². The van der Waals surface area contributed by atoms with Crippen LogP contribution in [0.15, 0.2) is 104 Å². The van der Waals surface area contributed by atoms with Gasteiger partial charge in [-0.2, -0.15) is 0 Å². The van der Waals surface area contributed by atoms with Gasteiger partial charge in [0.2, 0.25) is 5.95 Å². The van der Waals surface area contributed by atoms with Crippen molar-refractivity contribution in [3.8, 4) is 28.3 Å². The van der Waals surface area contributed by atoms with Crippen LogP contribution in [0.5, 0.6) is 0 Å². The van der Waals surface area contributed by atoms with E-state index in [1.165, 1.54) is 33.0 Å². The zero-order valence-electron chi connectivity index (χ0n) is 21.1. The topological polar surface area (TPSA) is 56.5 Å². The van der Waals surface area contributed by atoms with Crippen molar-refractivity contribution in [2.75, 3.05) is 0 Å². The third-order valence-electron chi connectivity index (χ3n) is 7.95. The molecule has 3 aromatic heterocycles. The highest BCUT2D eigenvalue weighted by molar-refractivity contribution is 6.13. The lowest BCUT2D eigenvalue weighted by Crippen LogP contribution is -2.17. The van der Waals surface area contributed by atoms with E-state index in [9.17, 15) is 0 Å². The lowest BCUT2D eigenvalue weighted by molar-refractivity contribution is 0.664. The van der Waals surface area contributed by atoms with E-state index in [1.54, 1.807) is 12.4 Å². The Bertz CT molecular complexity index is 2050. The molecule has 1 aliphatic carbocycles. The van der Waals surface area contributed by atoms with E-state index in [1.807, 2.05) is 30.5 Å². The van der Waals surface area contributed by atoms with Gasteiger partial charge >= 0.3 is 0 Å². The van der Waals surface area contributed by atoms with Crippen LogP contribution in [0.1, 0.15) is 25.0 Å². The Morgan fingerprint density at radius 1 is 0.658 bits per heavy atom. The Kier molecular flexibility index (Phi) is 4.22. The molecular weight excluding hydrogens is 466 g/mol. The van der Waals surface area contributed by atoms with Crippen LogP contribution < -0.4 is 0 Å². The number of rotatable bonds is 2. The Hall–Kier alpha value is -4.90. The van der Waals surface area contributed by atoms with Crippen LogP contribution in [-0.2, 0) is 5.41 Å². The van der Waals surface area contributed by atoms with Crippen molar-refractivity contribution < 1.29 is 0 Å². The molecule has 0 amide bonds. The second-order valence-electron chi connectivity index (χ2n) is 10.4. The Balaban J connectivity index is 1.48. The van der Waals surface area contributed by atoms with Crippen molar-refractivity contribution in [1.82, 2.24) is 24.5 Å². The molecule has 8 rings (SSSR count). The summed E-state index contributed by atoms with van der Waals surface area (Å²) in [5.74, 6) is 0.672. The first kappa shape index (κ1) is 21.2. The molecule has 7 aromatic rings. The zero-order chi connectivity index (χ0) is 25.4. The number of fused-ring (bicyclic) bond motifs is 8. The predicted octanol–water partition coefficient (Wildman–Crippen LogP) is 7.49. The van der Waals surface area contributed by atoms with Gasteiger partial charge in [0, 0.05) is 40.3 Å². The largest absolute Gasteiger partial charge is 0.278 e. The van der Waals surface area contributed by atoms with Crippen molar-refractivity contribution in [3.63, 3.8) is 0 Å². The third kappa shape index (κ3) is 2.81. The summed E-state index contributed by atoms with van der Waals surface area (Å²) in [6.45, 7) is 4.62. The highest BCUT2D eigenvalue weighted by Crippen LogP contribution is 2.53. The van der Waals surface area contributed by atoms with E-state index in [0.717, 1.165) is 33.3 Å². The van der Waals surface area contributed by atoms with Crippen LogP contribution >= 0.6 is 0 Å². The SMILES string of the molecule is CC1(C)c2cc3nccnc3cc2-c2ccc3c4ccccc4n(-c4nccc(-c5ccccc5)n4)c3c21. The van der Waals surface area contributed by atoms with E-state index in [4.69, 9.17) is 9.97 Å². The minimum absolute atomic E-state index is 0.251. The van der Waals surface area contributed by atoms with Gasteiger partial charge in [0.1, 0.15) is 0 Å². The average molecular weight is 490 g/mol. The van der Waals surface area contributed by atoms with Crippen molar-refractivity contribution in [3.05, 3.63) is 115 Å². The average Bonchev–Trinajstić information content (AvgIpc) is 3.41. The van der Waals surface area contributed by atoms with Crippen LogP contribution in [0.25, 0.3) is 61.2 Å². The summed E-state index contributed by atoms with van der Waals surface area (Å²) in [7, 11) is 0. The molecule has 0 radical (unpaired) electrons. The second kappa shape index (κ2) is 7.56. The molecular formula is C33H23N5. The summed E-state index contributed by atoms with van der Waals surface area (Å²) in [5, 5.41) is 2.40. The predicted molar refractivity (Wildman–Crippen MR) is 152 cm³/mol. The molecule has 0 aliphatic heterocycles. The molecule has 3 heterocycles. The number of hydrogen-bond donors (Lipinski definition) is 0. The molecule has 180 valence electrons. The number of nitrogens with zero attached hydrogens (tertiary/aromatic N) is 5. The minimum Gasteiger partial charge on any atom is -0.278 e. The number of benzene rings is 4. The van der Waals surface area contributed by atoms with Crippen LogP contribution in [-0.4, -0.2) is 24.5 Å². The summed E-state index contributed by atoms with van der Waals surface area (Å²) in [5.41, 5.74) is 10.8. The molecule has 5 nitrogen and oxygen atoms in total. The minimum atomic E-state index is -0.251. The highest BCUT2D eigenvalue weighted by atomic mass is 15.2. The standard InChI is InChI=1S/C33H23N5/c1-33(2)25-19-28-27(34-16-17-35-28)18-24(25)22-12-13-23-21-10-6-7-11-29(21)38(31(23)30(22)33)32-36-15-14-26(37-32)20-8-4-3-5-9-20/h3-19H,1-2H3.